The summed E-state index contributed by atoms with van der Waals surface area (Å²) in [6.07, 6.45) is -0.670. The van der Waals surface area contributed by atoms with Gasteiger partial charge in [-0.3, -0.25) is 15.0 Å². The molecule has 170 valence electrons. The Bertz CT molecular complexity index is 1180. The molecule has 1 aliphatic heterocycles. The first-order valence-electron chi connectivity index (χ1n) is 10.7. The van der Waals surface area contributed by atoms with Crippen LogP contribution in [0.2, 0.25) is 0 Å². The third-order valence-corrected chi connectivity index (χ3v) is 5.82. The maximum Gasteiger partial charge on any atom is 0.276 e. The van der Waals surface area contributed by atoms with E-state index in [0.29, 0.717) is 41.5 Å². The molecule has 3 aromatic rings. The van der Waals surface area contributed by atoms with Crippen LogP contribution in [0.4, 0.5) is 5.69 Å². The summed E-state index contributed by atoms with van der Waals surface area (Å²) in [7, 11) is 0. The Hall–Kier alpha value is -3.27. The molecule has 4 rings (SSSR count). The number of hydrogen-bond donors (Lipinski definition) is 2. The number of rotatable bonds is 7. The zero-order valence-electron chi connectivity index (χ0n) is 18.3. The van der Waals surface area contributed by atoms with Crippen molar-refractivity contribution in [3.63, 3.8) is 0 Å². The fraction of sp³-hybridized carbons (Fsp3) is 0.200. The lowest BCUT2D eigenvalue weighted by Crippen LogP contribution is -2.53. The van der Waals surface area contributed by atoms with Crippen molar-refractivity contribution >= 4 is 40.1 Å². The number of nitrogens with zero attached hydrogens (tertiary/aromatic N) is 1. The van der Waals surface area contributed by atoms with Gasteiger partial charge in [0.25, 0.3) is 11.8 Å². The van der Waals surface area contributed by atoms with Gasteiger partial charge in [-0.1, -0.05) is 30.3 Å². The van der Waals surface area contributed by atoms with Gasteiger partial charge < -0.3 is 14.8 Å². The van der Waals surface area contributed by atoms with Crippen molar-refractivity contribution in [1.29, 1.82) is 0 Å². The van der Waals surface area contributed by atoms with Crippen LogP contribution >= 0.6 is 22.6 Å². The smallest absolute Gasteiger partial charge is 0.276 e. The van der Waals surface area contributed by atoms with Crippen molar-refractivity contribution in [3.8, 4) is 11.5 Å². The average Bonchev–Trinajstić information content (AvgIpc) is 2.82. The summed E-state index contributed by atoms with van der Waals surface area (Å²) in [5.41, 5.74) is 5.05. The Morgan fingerprint density at radius 3 is 2.42 bits per heavy atom. The normalized spacial score (nSPS) is 14.8. The molecule has 2 amide bonds. The van der Waals surface area contributed by atoms with Crippen LogP contribution in [0.3, 0.4) is 0 Å². The lowest BCUT2D eigenvalue weighted by Gasteiger charge is -2.38. The van der Waals surface area contributed by atoms with Gasteiger partial charge in [0.05, 0.1) is 24.3 Å². The molecule has 0 spiro atoms. The van der Waals surface area contributed by atoms with Gasteiger partial charge in [-0.15, -0.1) is 0 Å². The first kappa shape index (κ1) is 22.9. The standard InChI is InChI=1S/C25H24IN3O4/c1-3-32-21-11-7-5-9-17(21)23-27-20-14-13-16(26)15-19(20)25(31)29(23)28-24(30)18-10-6-8-12-22(18)33-4-2/h5-15,23,27H,3-4H2,1-2H3,(H,28,30)/t23-/m1/s1. The molecule has 1 atom stereocenters. The number of ether oxygens (including phenoxy) is 2. The Morgan fingerprint density at radius 1 is 1.00 bits per heavy atom. The van der Waals surface area contributed by atoms with Gasteiger partial charge in [0, 0.05) is 14.8 Å². The summed E-state index contributed by atoms with van der Waals surface area (Å²) in [5.74, 6) is 0.326. The Morgan fingerprint density at radius 2 is 1.67 bits per heavy atom. The SMILES string of the molecule is CCOc1ccccc1C(=O)NN1C(=O)c2cc(I)ccc2N[C@H]1c1ccccc1OCC. The molecule has 1 aliphatic rings. The van der Waals surface area contributed by atoms with E-state index in [4.69, 9.17) is 9.47 Å². The minimum absolute atomic E-state index is 0.319. The van der Waals surface area contributed by atoms with E-state index in [9.17, 15) is 9.59 Å². The van der Waals surface area contributed by atoms with Crippen LogP contribution in [-0.4, -0.2) is 30.0 Å². The summed E-state index contributed by atoms with van der Waals surface area (Å²) in [6.45, 7) is 4.65. The summed E-state index contributed by atoms with van der Waals surface area (Å²) in [6, 6.07) is 20.0. The first-order chi connectivity index (χ1) is 16.0. The highest BCUT2D eigenvalue weighted by molar-refractivity contribution is 14.1. The highest BCUT2D eigenvalue weighted by Gasteiger charge is 2.36. The summed E-state index contributed by atoms with van der Waals surface area (Å²) in [5, 5.41) is 4.71. The number of hydrogen-bond acceptors (Lipinski definition) is 5. The third kappa shape index (κ3) is 4.75. The van der Waals surface area contributed by atoms with Gasteiger partial charge in [-0.05, 0) is 72.8 Å². The number of halogens is 1. The number of benzene rings is 3. The second kappa shape index (κ2) is 10.1. The number of nitrogens with one attached hydrogen (secondary N) is 2. The number of carbonyl (C=O) groups is 2. The minimum Gasteiger partial charge on any atom is -0.493 e. The van der Waals surface area contributed by atoms with E-state index >= 15 is 0 Å². The molecule has 0 unspecified atom stereocenters. The maximum atomic E-state index is 13.6. The van der Waals surface area contributed by atoms with Crippen LogP contribution in [0.1, 0.15) is 46.3 Å². The lowest BCUT2D eigenvalue weighted by molar-refractivity contribution is 0.0486. The molecular formula is C25H24IN3O4. The molecule has 33 heavy (non-hydrogen) atoms. The van der Waals surface area contributed by atoms with Gasteiger partial charge in [-0.2, -0.15) is 0 Å². The number of amides is 2. The molecule has 1 heterocycles. The van der Waals surface area contributed by atoms with Crippen molar-refractivity contribution in [1.82, 2.24) is 10.4 Å². The topological polar surface area (TPSA) is 79.9 Å². The molecule has 0 fully saturated rings. The van der Waals surface area contributed by atoms with Crippen LogP contribution in [0.25, 0.3) is 0 Å². The second-order valence-electron chi connectivity index (χ2n) is 7.25. The van der Waals surface area contributed by atoms with E-state index in [0.717, 1.165) is 9.13 Å². The van der Waals surface area contributed by atoms with Crippen LogP contribution in [0.15, 0.2) is 66.7 Å². The van der Waals surface area contributed by atoms with Crippen molar-refractivity contribution in [2.45, 2.75) is 20.0 Å². The van der Waals surface area contributed by atoms with Crippen LogP contribution in [0.5, 0.6) is 11.5 Å². The Balaban J connectivity index is 1.76. The van der Waals surface area contributed by atoms with Crippen LogP contribution in [0, 0.1) is 3.57 Å². The summed E-state index contributed by atoms with van der Waals surface area (Å²) < 4.78 is 12.3. The quantitative estimate of drug-likeness (QED) is 0.400. The van der Waals surface area contributed by atoms with E-state index in [2.05, 4.69) is 33.3 Å². The van der Waals surface area contributed by atoms with E-state index in [1.807, 2.05) is 50.2 Å². The monoisotopic (exact) mass is 557 g/mol. The van der Waals surface area contributed by atoms with E-state index in [-0.39, 0.29) is 5.91 Å². The average molecular weight is 557 g/mol. The van der Waals surface area contributed by atoms with Gasteiger partial charge in [0.15, 0.2) is 6.17 Å². The number of para-hydroxylation sites is 2. The lowest BCUT2D eigenvalue weighted by atomic mass is 10.0. The molecule has 7 nitrogen and oxygen atoms in total. The minimum atomic E-state index is -0.670. The molecule has 0 saturated heterocycles. The highest BCUT2D eigenvalue weighted by atomic mass is 127. The number of fused-ring (bicyclic) bond motifs is 1. The van der Waals surface area contributed by atoms with Crippen molar-refractivity contribution < 1.29 is 19.1 Å². The summed E-state index contributed by atoms with van der Waals surface area (Å²) >= 11 is 2.16. The molecule has 0 radical (unpaired) electrons. The number of carbonyl (C=O) groups excluding carboxylic acids is 2. The predicted molar refractivity (Wildman–Crippen MR) is 134 cm³/mol. The largest absolute Gasteiger partial charge is 0.493 e. The Kier molecular flexibility index (Phi) is 7.02. The zero-order valence-corrected chi connectivity index (χ0v) is 20.5. The number of anilines is 1. The molecule has 0 bridgehead atoms. The predicted octanol–water partition coefficient (Wildman–Crippen LogP) is 5.00. The van der Waals surface area contributed by atoms with Gasteiger partial charge in [0.2, 0.25) is 0 Å². The Labute approximate surface area is 206 Å². The van der Waals surface area contributed by atoms with Gasteiger partial charge >= 0.3 is 0 Å². The summed E-state index contributed by atoms with van der Waals surface area (Å²) in [4.78, 5) is 26.9. The molecule has 0 aromatic heterocycles. The van der Waals surface area contributed by atoms with E-state index < -0.39 is 12.1 Å². The van der Waals surface area contributed by atoms with E-state index in [1.165, 1.54) is 5.01 Å². The second-order valence-corrected chi connectivity index (χ2v) is 8.50. The van der Waals surface area contributed by atoms with Crippen molar-refractivity contribution in [2.24, 2.45) is 0 Å². The fourth-order valence-corrected chi connectivity index (χ4v) is 4.20. The maximum absolute atomic E-state index is 13.6. The van der Waals surface area contributed by atoms with Crippen LogP contribution < -0.4 is 20.2 Å². The molecule has 0 saturated carbocycles. The molecule has 2 N–H and O–H groups in total. The highest BCUT2D eigenvalue weighted by Crippen LogP contribution is 2.36. The molecule has 8 heteroatoms. The molecule has 3 aromatic carbocycles. The zero-order chi connectivity index (χ0) is 23.4. The van der Waals surface area contributed by atoms with Gasteiger partial charge in [0.1, 0.15) is 11.5 Å². The molecular weight excluding hydrogens is 533 g/mol. The van der Waals surface area contributed by atoms with E-state index in [1.54, 1.807) is 30.3 Å². The van der Waals surface area contributed by atoms with Crippen LogP contribution in [-0.2, 0) is 0 Å². The number of hydrazine groups is 1. The van der Waals surface area contributed by atoms with Gasteiger partial charge in [-0.25, -0.2) is 5.01 Å². The molecule has 0 aliphatic carbocycles. The first-order valence-corrected chi connectivity index (χ1v) is 11.8. The van der Waals surface area contributed by atoms with Crippen molar-refractivity contribution in [3.05, 3.63) is 87.0 Å². The third-order valence-electron chi connectivity index (χ3n) is 5.15. The van der Waals surface area contributed by atoms with Crippen molar-refractivity contribution in [2.75, 3.05) is 18.5 Å². The fourth-order valence-electron chi connectivity index (χ4n) is 3.71.